The Morgan fingerprint density at radius 3 is 2.80 bits per heavy atom. The predicted molar refractivity (Wildman–Crippen MR) is 82.6 cm³/mol. The van der Waals surface area contributed by atoms with E-state index in [-0.39, 0.29) is 0 Å². The van der Waals surface area contributed by atoms with E-state index in [9.17, 15) is 0 Å². The molecule has 5 heteroatoms. The fourth-order valence-electron chi connectivity index (χ4n) is 2.28. The zero-order valence-electron chi connectivity index (χ0n) is 10.4. The Hall–Kier alpha value is -2.53. The highest BCUT2D eigenvalue weighted by molar-refractivity contribution is 7.16. The molecule has 0 aliphatic rings. The summed E-state index contributed by atoms with van der Waals surface area (Å²) in [4.78, 5) is 14.3. The number of fused-ring (bicyclic) bond motifs is 2. The first-order chi connectivity index (χ1) is 9.83. The van der Waals surface area contributed by atoms with Crippen molar-refractivity contribution in [2.75, 3.05) is 5.73 Å². The molecule has 20 heavy (non-hydrogen) atoms. The molecule has 4 aromatic rings. The number of anilines is 1. The molecule has 0 aliphatic heterocycles. The first-order valence-corrected chi connectivity index (χ1v) is 7.06. The number of nitrogens with zero attached hydrogens (tertiary/aromatic N) is 3. The van der Waals surface area contributed by atoms with E-state index < -0.39 is 0 Å². The van der Waals surface area contributed by atoms with Crippen molar-refractivity contribution in [3.05, 3.63) is 48.0 Å². The Bertz CT molecular complexity index is 924. The summed E-state index contributed by atoms with van der Waals surface area (Å²) in [6, 6.07) is 12.0. The maximum Gasteiger partial charge on any atom is 0.182 e. The first-order valence-electron chi connectivity index (χ1n) is 6.18. The van der Waals surface area contributed by atoms with E-state index in [2.05, 4.69) is 15.0 Å². The number of thiophene rings is 1. The molecule has 4 nitrogen and oxygen atoms in total. The van der Waals surface area contributed by atoms with Crippen LogP contribution < -0.4 is 5.73 Å². The van der Waals surface area contributed by atoms with Crippen LogP contribution in [0.25, 0.3) is 32.5 Å². The van der Waals surface area contributed by atoms with E-state index >= 15 is 0 Å². The van der Waals surface area contributed by atoms with Gasteiger partial charge in [0.1, 0.15) is 16.3 Å². The van der Waals surface area contributed by atoms with Gasteiger partial charge >= 0.3 is 0 Å². The summed E-state index contributed by atoms with van der Waals surface area (Å²) in [7, 11) is 0. The number of nitrogen functional groups attached to an aromatic ring is 1. The second-order valence-electron chi connectivity index (χ2n) is 4.45. The second-order valence-corrected chi connectivity index (χ2v) is 5.35. The average Bonchev–Trinajstić information content (AvgIpc) is 2.95. The fraction of sp³-hybridized carbons (Fsp3) is 0. The minimum atomic E-state index is 0.501. The zero-order chi connectivity index (χ0) is 13.5. The van der Waals surface area contributed by atoms with Crippen molar-refractivity contribution >= 4 is 38.1 Å². The Kier molecular flexibility index (Phi) is 2.40. The van der Waals surface area contributed by atoms with Crippen molar-refractivity contribution in [2.45, 2.75) is 0 Å². The van der Waals surface area contributed by atoms with Crippen LogP contribution in [0, 0.1) is 0 Å². The lowest BCUT2D eigenvalue weighted by Gasteiger charge is -2.05. The van der Waals surface area contributed by atoms with Crippen LogP contribution in [0.4, 0.5) is 5.82 Å². The monoisotopic (exact) mass is 278 g/mol. The number of hydrogen-bond donors (Lipinski definition) is 1. The minimum absolute atomic E-state index is 0.501. The summed E-state index contributed by atoms with van der Waals surface area (Å²) >= 11 is 1.56. The molecule has 0 atom stereocenters. The number of nitrogens with two attached hydrogens (primary N) is 1. The van der Waals surface area contributed by atoms with E-state index in [0.717, 1.165) is 26.7 Å². The molecule has 1 aromatic carbocycles. The summed E-state index contributed by atoms with van der Waals surface area (Å²) in [5.74, 6) is 1.08. The van der Waals surface area contributed by atoms with Crippen LogP contribution in [-0.4, -0.2) is 15.0 Å². The molecule has 0 saturated carbocycles. The van der Waals surface area contributed by atoms with Crippen molar-refractivity contribution in [3.8, 4) is 11.5 Å². The highest BCUT2D eigenvalue weighted by Gasteiger charge is 2.11. The number of hydrogen-bond acceptors (Lipinski definition) is 5. The van der Waals surface area contributed by atoms with Gasteiger partial charge in [-0.3, -0.25) is 4.98 Å². The van der Waals surface area contributed by atoms with Gasteiger partial charge in [0.05, 0.1) is 5.39 Å². The summed E-state index contributed by atoms with van der Waals surface area (Å²) in [5.41, 5.74) is 6.78. The molecule has 4 rings (SSSR count). The third-order valence-corrected chi connectivity index (χ3v) is 4.05. The van der Waals surface area contributed by atoms with Crippen molar-refractivity contribution in [1.82, 2.24) is 15.0 Å². The van der Waals surface area contributed by atoms with Crippen molar-refractivity contribution < 1.29 is 0 Å². The molecular formula is C15H10N4S. The molecule has 0 saturated heterocycles. The molecule has 3 heterocycles. The molecule has 0 bridgehead atoms. The largest absolute Gasteiger partial charge is 0.383 e. The van der Waals surface area contributed by atoms with Crippen molar-refractivity contribution in [3.63, 3.8) is 0 Å². The maximum absolute atomic E-state index is 6.01. The van der Waals surface area contributed by atoms with Crippen LogP contribution in [0.1, 0.15) is 0 Å². The van der Waals surface area contributed by atoms with Gasteiger partial charge in [-0.1, -0.05) is 24.3 Å². The van der Waals surface area contributed by atoms with E-state index in [0.29, 0.717) is 11.6 Å². The van der Waals surface area contributed by atoms with E-state index in [4.69, 9.17) is 5.73 Å². The van der Waals surface area contributed by atoms with Crippen molar-refractivity contribution in [2.24, 2.45) is 0 Å². The van der Waals surface area contributed by atoms with Crippen LogP contribution in [0.2, 0.25) is 0 Å². The Morgan fingerprint density at radius 2 is 1.85 bits per heavy atom. The predicted octanol–water partition coefficient (Wildman–Crippen LogP) is 3.49. The number of benzene rings is 1. The zero-order valence-corrected chi connectivity index (χ0v) is 11.3. The molecule has 0 aliphatic carbocycles. The molecule has 2 N–H and O–H groups in total. The Balaban J connectivity index is 2.06. The number of aromatic nitrogens is 3. The molecule has 0 unspecified atom stereocenters. The Labute approximate surface area is 118 Å². The number of rotatable bonds is 1. The topological polar surface area (TPSA) is 64.7 Å². The van der Waals surface area contributed by atoms with E-state index in [1.807, 2.05) is 41.8 Å². The van der Waals surface area contributed by atoms with Gasteiger partial charge in [0.15, 0.2) is 5.82 Å². The van der Waals surface area contributed by atoms with Gasteiger partial charge in [0, 0.05) is 11.6 Å². The molecule has 0 amide bonds. The average molecular weight is 278 g/mol. The van der Waals surface area contributed by atoms with Gasteiger partial charge in [-0.05, 0) is 22.9 Å². The maximum atomic E-state index is 6.01. The number of pyridine rings is 1. The Morgan fingerprint density at radius 1 is 0.950 bits per heavy atom. The molecule has 3 aromatic heterocycles. The fourth-order valence-corrected chi connectivity index (χ4v) is 3.05. The first kappa shape index (κ1) is 11.3. The summed E-state index contributed by atoms with van der Waals surface area (Å²) < 4.78 is 0. The standard InChI is InChI=1S/C15H10N4S/c16-13-11-6-8-20-15(11)19-14(18-13)12-10-4-2-1-3-9(10)5-7-17-12/h1-8H,(H2,16,18,19). The van der Waals surface area contributed by atoms with E-state index in [1.165, 1.54) is 0 Å². The van der Waals surface area contributed by atoms with Crippen LogP contribution in [0.3, 0.4) is 0 Å². The third kappa shape index (κ3) is 1.64. The van der Waals surface area contributed by atoms with Crippen LogP contribution >= 0.6 is 11.3 Å². The summed E-state index contributed by atoms with van der Waals surface area (Å²) in [5, 5.41) is 5.02. The lowest BCUT2D eigenvalue weighted by atomic mass is 10.1. The van der Waals surface area contributed by atoms with Gasteiger partial charge in [0.2, 0.25) is 0 Å². The highest BCUT2D eigenvalue weighted by atomic mass is 32.1. The highest BCUT2D eigenvalue weighted by Crippen LogP contribution is 2.29. The minimum Gasteiger partial charge on any atom is -0.383 e. The van der Waals surface area contributed by atoms with E-state index in [1.54, 1.807) is 17.5 Å². The van der Waals surface area contributed by atoms with Crippen molar-refractivity contribution in [1.29, 1.82) is 0 Å². The molecule has 0 radical (unpaired) electrons. The normalized spacial score (nSPS) is 11.2. The lowest BCUT2D eigenvalue weighted by molar-refractivity contribution is 1.20. The molecule has 0 spiro atoms. The third-order valence-electron chi connectivity index (χ3n) is 3.24. The molecular weight excluding hydrogens is 268 g/mol. The second kappa shape index (κ2) is 4.25. The smallest absolute Gasteiger partial charge is 0.182 e. The molecule has 96 valence electrons. The van der Waals surface area contributed by atoms with Crippen LogP contribution in [0.15, 0.2) is 48.0 Å². The van der Waals surface area contributed by atoms with Gasteiger partial charge in [-0.2, -0.15) is 0 Å². The lowest BCUT2D eigenvalue weighted by Crippen LogP contribution is -1.98. The van der Waals surface area contributed by atoms with Crippen LogP contribution in [0.5, 0.6) is 0 Å². The van der Waals surface area contributed by atoms with Gasteiger partial charge in [0.25, 0.3) is 0 Å². The summed E-state index contributed by atoms with van der Waals surface area (Å²) in [6.45, 7) is 0. The quantitative estimate of drug-likeness (QED) is 0.579. The summed E-state index contributed by atoms with van der Waals surface area (Å²) in [6.07, 6.45) is 1.77. The SMILES string of the molecule is Nc1nc(-c2nccc3ccccc23)nc2sccc12. The van der Waals surface area contributed by atoms with Gasteiger partial charge < -0.3 is 5.73 Å². The van der Waals surface area contributed by atoms with Crippen LogP contribution in [-0.2, 0) is 0 Å². The van der Waals surface area contributed by atoms with Gasteiger partial charge in [-0.15, -0.1) is 11.3 Å². The van der Waals surface area contributed by atoms with Gasteiger partial charge in [-0.25, -0.2) is 9.97 Å². The molecule has 0 fully saturated rings.